The predicted molar refractivity (Wildman–Crippen MR) is 112 cm³/mol. The Bertz CT molecular complexity index is 1400. The van der Waals surface area contributed by atoms with Gasteiger partial charge in [0.1, 0.15) is 4.90 Å². The molecule has 0 unspecified atom stereocenters. The maximum Gasteiger partial charge on any atom is 0.303 e. The number of aryl methyl sites for hydroxylation is 1. The molecule has 1 aromatic heterocycles. The number of rotatable bonds is 6. The van der Waals surface area contributed by atoms with Gasteiger partial charge < -0.3 is 5.11 Å². The fourth-order valence-corrected chi connectivity index (χ4v) is 5.25. The zero-order valence-corrected chi connectivity index (χ0v) is 16.9. The molecule has 0 amide bonds. The van der Waals surface area contributed by atoms with E-state index in [4.69, 9.17) is 5.11 Å². The Hall–Kier alpha value is -3.52. The lowest BCUT2D eigenvalue weighted by Crippen LogP contribution is -2.16. The standard InChI is InChI=1S/C23H17F2NO4S/c24-19-12-11-18(15-6-2-1-3-7-15)23(22(19)25)31(29,30)26-14-16(10-13-21(27)28)17-8-4-5-9-20(17)26/h1-9,11-12,14H,10,13H2,(H,27,28). The van der Waals surface area contributed by atoms with Gasteiger partial charge in [0.15, 0.2) is 11.6 Å². The summed E-state index contributed by atoms with van der Waals surface area (Å²) in [4.78, 5) is 10.2. The van der Waals surface area contributed by atoms with E-state index in [1.165, 1.54) is 18.3 Å². The van der Waals surface area contributed by atoms with Gasteiger partial charge in [-0.15, -0.1) is 0 Å². The maximum absolute atomic E-state index is 14.9. The minimum atomic E-state index is -4.56. The van der Waals surface area contributed by atoms with Gasteiger partial charge in [-0.1, -0.05) is 48.5 Å². The highest BCUT2D eigenvalue weighted by Gasteiger charge is 2.30. The number of nitrogens with zero attached hydrogens (tertiary/aromatic N) is 1. The van der Waals surface area contributed by atoms with Gasteiger partial charge in [0, 0.05) is 23.6 Å². The molecule has 31 heavy (non-hydrogen) atoms. The molecule has 4 rings (SSSR count). The van der Waals surface area contributed by atoms with E-state index in [2.05, 4.69) is 0 Å². The first-order chi connectivity index (χ1) is 14.8. The van der Waals surface area contributed by atoms with Crippen LogP contribution < -0.4 is 0 Å². The molecule has 0 bridgehead atoms. The van der Waals surface area contributed by atoms with Crippen molar-refractivity contribution in [3.8, 4) is 11.1 Å². The second-order valence-electron chi connectivity index (χ2n) is 6.97. The average Bonchev–Trinajstić information content (AvgIpc) is 3.14. The number of hydrogen-bond acceptors (Lipinski definition) is 3. The molecule has 4 aromatic rings. The van der Waals surface area contributed by atoms with Gasteiger partial charge in [0.25, 0.3) is 10.0 Å². The highest BCUT2D eigenvalue weighted by molar-refractivity contribution is 7.90. The summed E-state index contributed by atoms with van der Waals surface area (Å²) in [5, 5.41) is 9.54. The van der Waals surface area contributed by atoms with Crippen LogP contribution in [0.5, 0.6) is 0 Å². The van der Waals surface area contributed by atoms with Gasteiger partial charge >= 0.3 is 5.97 Å². The largest absolute Gasteiger partial charge is 0.481 e. The summed E-state index contributed by atoms with van der Waals surface area (Å²) in [6.45, 7) is 0. The number of halogens is 2. The number of carbonyl (C=O) groups is 1. The molecule has 0 spiro atoms. The van der Waals surface area contributed by atoms with Crippen molar-refractivity contribution in [2.24, 2.45) is 0 Å². The van der Waals surface area contributed by atoms with Crippen molar-refractivity contribution in [2.75, 3.05) is 0 Å². The molecule has 0 fully saturated rings. The summed E-state index contributed by atoms with van der Waals surface area (Å²) >= 11 is 0. The number of para-hydroxylation sites is 1. The van der Waals surface area contributed by atoms with E-state index in [0.717, 1.165) is 10.0 Å². The molecule has 1 heterocycles. The summed E-state index contributed by atoms with van der Waals surface area (Å²) < 4.78 is 57.2. The van der Waals surface area contributed by atoms with Crippen LogP contribution in [-0.4, -0.2) is 23.5 Å². The first kappa shape index (κ1) is 20.7. The third-order valence-electron chi connectivity index (χ3n) is 5.02. The molecule has 0 aliphatic carbocycles. The zero-order valence-electron chi connectivity index (χ0n) is 16.1. The van der Waals surface area contributed by atoms with Gasteiger partial charge in [-0.2, -0.15) is 0 Å². The van der Waals surface area contributed by atoms with Crippen LogP contribution in [-0.2, 0) is 21.2 Å². The Morgan fingerprint density at radius 2 is 1.61 bits per heavy atom. The van der Waals surface area contributed by atoms with Crippen molar-refractivity contribution in [3.05, 3.63) is 90.1 Å². The fraction of sp³-hybridized carbons (Fsp3) is 0.0870. The van der Waals surface area contributed by atoms with E-state index < -0.39 is 32.5 Å². The number of carboxylic acids is 1. The number of carboxylic acid groups (broad SMARTS) is 1. The fourth-order valence-electron chi connectivity index (χ4n) is 3.59. The molecule has 158 valence electrons. The molecule has 0 radical (unpaired) electrons. The normalized spacial score (nSPS) is 11.7. The van der Waals surface area contributed by atoms with Crippen molar-refractivity contribution >= 4 is 26.9 Å². The van der Waals surface area contributed by atoms with Crippen LogP contribution in [0.4, 0.5) is 8.78 Å². The lowest BCUT2D eigenvalue weighted by atomic mass is 10.1. The highest BCUT2D eigenvalue weighted by Crippen LogP contribution is 2.34. The lowest BCUT2D eigenvalue weighted by molar-refractivity contribution is -0.136. The smallest absolute Gasteiger partial charge is 0.303 e. The summed E-state index contributed by atoms with van der Waals surface area (Å²) in [7, 11) is -4.56. The summed E-state index contributed by atoms with van der Waals surface area (Å²) in [6.07, 6.45) is 1.18. The Labute approximate surface area is 177 Å². The average molecular weight is 441 g/mol. The molecule has 3 aromatic carbocycles. The Morgan fingerprint density at radius 3 is 2.32 bits per heavy atom. The van der Waals surface area contributed by atoms with E-state index in [1.807, 2.05) is 0 Å². The van der Waals surface area contributed by atoms with Crippen molar-refractivity contribution in [1.82, 2.24) is 3.97 Å². The number of benzene rings is 3. The Morgan fingerprint density at radius 1 is 0.935 bits per heavy atom. The van der Waals surface area contributed by atoms with E-state index in [1.54, 1.807) is 48.5 Å². The molecule has 0 aliphatic rings. The molecule has 0 aliphatic heterocycles. The molecule has 0 atom stereocenters. The number of fused-ring (bicyclic) bond motifs is 1. The van der Waals surface area contributed by atoms with Crippen LogP contribution in [0.3, 0.4) is 0 Å². The molecule has 0 saturated heterocycles. The van der Waals surface area contributed by atoms with Gasteiger partial charge in [0.05, 0.1) is 5.52 Å². The van der Waals surface area contributed by atoms with Crippen LogP contribution in [0, 0.1) is 11.6 Å². The monoisotopic (exact) mass is 441 g/mol. The highest BCUT2D eigenvalue weighted by atomic mass is 32.2. The van der Waals surface area contributed by atoms with E-state index >= 15 is 0 Å². The summed E-state index contributed by atoms with van der Waals surface area (Å²) in [5.41, 5.74) is 1.19. The molecular weight excluding hydrogens is 424 g/mol. The van der Waals surface area contributed by atoms with E-state index in [9.17, 15) is 22.0 Å². The minimum Gasteiger partial charge on any atom is -0.481 e. The predicted octanol–water partition coefficient (Wildman–Crippen LogP) is 4.84. The van der Waals surface area contributed by atoms with E-state index in [0.29, 0.717) is 16.5 Å². The molecule has 0 saturated carbocycles. The number of aliphatic carboxylic acids is 1. The lowest BCUT2D eigenvalue weighted by Gasteiger charge is -2.14. The van der Waals surface area contributed by atoms with Crippen molar-refractivity contribution in [3.63, 3.8) is 0 Å². The van der Waals surface area contributed by atoms with Gasteiger partial charge in [-0.05, 0) is 35.7 Å². The molecule has 5 nitrogen and oxygen atoms in total. The summed E-state index contributed by atoms with van der Waals surface area (Å²) in [5.74, 6) is -3.77. The second kappa shape index (κ2) is 7.96. The van der Waals surface area contributed by atoms with Gasteiger partial charge in [-0.25, -0.2) is 21.2 Å². The van der Waals surface area contributed by atoms with Crippen molar-refractivity contribution in [2.45, 2.75) is 17.7 Å². The first-order valence-electron chi connectivity index (χ1n) is 9.40. The van der Waals surface area contributed by atoms with Crippen LogP contribution in [0.1, 0.15) is 12.0 Å². The van der Waals surface area contributed by atoms with Crippen LogP contribution in [0.15, 0.2) is 77.8 Å². The van der Waals surface area contributed by atoms with Crippen LogP contribution in [0.2, 0.25) is 0 Å². The minimum absolute atomic E-state index is 0.0318. The second-order valence-corrected chi connectivity index (χ2v) is 8.72. The quantitative estimate of drug-likeness (QED) is 0.465. The Kier molecular flexibility index (Phi) is 5.32. The zero-order chi connectivity index (χ0) is 22.2. The van der Waals surface area contributed by atoms with Crippen molar-refractivity contribution in [1.29, 1.82) is 0 Å². The van der Waals surface area contributed by atoms with Gasteiger partial charge in [0.2, 0.25) is 0 Å². The van der Waals surface area contributed by atoms with Crippen molar-refractivity contribution < 1.29 is 27.1 Å². The third kappa shape index (κ3) is 3.70. The number of hydrogen-bond donors (Lipinski definition) is 1. The first-order valence-corrected chi connectivity index (χ1v) is 10.8. The van der Waals surface area contributed by atoms with E-state index in [-0.39, 0.29) is 23.9 Å². The number of aromatic nitrogens is 1. The van der Waals surface area contributed by atoms with Crippen LogP contribution in [0.25, 0.3) is 22.0 Å². The summed E-state index contributed by atoms with van der Waals surface area (Å²) in [6, 6.07) is 16.9. The molecular formula is C23H17F2NO4S. The van der Waals surface area contributed by atoms with Crippen LogP contribution >= 0.6 is 0 Å². The SMILES string of the molecule is O=C(O)CCc1cn(S(=O)(=O)c2c(-c3ccccc3)ccc(F)c2F)c2ccccc12. The third-order valence-corrected chi connectivity index (χ3v) is 6.76. The molecule has 1 N–H and O–H groups in total. The maximum atomic E-state index is 14.9. The topological polar surface area (TPSA) is 76.4 Å². The Balaban J connectivity index is 1.98. The van der Waals surface area contributed by atoms with Gasteiger partial charge in [-0.3, -0.25) is 4.79 Å². The molecule has 8 heteroatoms.